The fraction of sp³-hybridized carbons (Fsp3) is 0.400. The van der Waals surface area contributed by atoms with E-state index >= 15 is 0 Å². The topological polar surface area (TPSA) is 59.9 Å². The minimum atomic E-state index is -0.0620. The first-order valence-corrected chi connectivity index (χ1v) is 4.57. The maximum Gasteiger partial charge on any atom is 0.182 e. The number of rotatable bonds is 4. The van der Waals surface area contributed by atoms with Gasteiger partial charge < -0.3 is 0 Å². The Hall–Kier alpha value is -1.58. The minimum Gasteiger partial charge on any atom is -0.292 e. The monoisotopic (exact) mass is 192 g/mol. The normalized spacial score (nSPS) is 9.86. The average molecular weight is 192 g/mol. The molecule has 1 aromatic rings. The van der Waals surface area contributed by atoms with Crippen molar-refractivity contribution < 1.29 is 9.59 Å². The molecule has 0 amide bonds. The Balaban J connectivity index is 2.89. The molecule has 0 aliphatic rings. The van der Waals surface area contributed by atoms with E-state index in [-0.39, 0.29) is 11.6 Å². The van der Waals surface area contributed by atoms with Crippen molar-refractivity contribution in [1.29, 1.82) is 0 Å². The van der Waals surface area contributed by atoms with Crippen molar-refractivity contribution in [3.8, 4) is 0 Å². The van der Waals surface area contributed by atoms with E-state index in [2.05, 4.69) is 9.97 Å². The van der Waals surface area contributed by atoms with Crippen molar-refractivity contribution in [3.05, 3.63) is 23.8 Å². The zero-order valence-electron chi connectivity index (χ0n) is 8.28. The third-order valence-corrected chi connectivity index (χ3v) is 1.87. The maximum atomic E-state index is 11.2. The molecule has 0 saturated heterocycles. The molecular formula is C10H12N2O2. The van der Waals surface area contributed by atoms with Crippen molar-refractivity contribution in [2.24, 2.45) is 0 Å². The number of nitrogens with zero attached hydrogens (tertiary/aromatic N) is 2. The van der Waals surface area contributed by atoms with Crippen LogP contribution in [0.25, 0.3) is 0 Å². The molecule has 0 N–H and O–H groups in total. The predicted octanol–water partition coefficient (Wildman–Crippen LogP) is 1.66. The summed E-state index contributed by atoms with van der Waals surface area (Å²) in [5.74, 6) is -0.124. The SMILES string of the molecule is CCC(=O)c1cnc(C(=O)CC)cn1. The number of hydrogen-bond donors (Lipinski definition) is 0. The van der Waals surface area contributed by atoms with Crippen LogP contribution in [0.1, 0.15) is 47.7 Å². The number of carbonyl (C=O) groups is 2. The smallest absolute Gasteiger partial charge is 0.182 e. The van der Waals surface area contributed by atoms with Gasteiger partial charge in [-0.3, -0.25) is 9.59 Å². The second-order valence-electron chi connectivity index (χ2n) is 2.84. The highest BCUT2D eigenvalue weighted by atomic mass is 16.1. The molecular weight excluding hydrogens is 180 g/mol. The predicted molar refractivity (Wildman–Crippen MR) is 51.3 cm³/mol. The number of aromatic nitrogens is 2. The summed E-state index contributed by atoms with van der Waals surface area (Å²) in [4.78, 5) is 30.1. The quantitative estimate of drug-likeness (QED) is 0.681. The summed E-state index contributed by atoms with van der Waals surface area (Å²) in [6.45, 7) is 3.52. The molecule has 0 bridgehead atoms. The molecule has 0 fully saturated rings. The molecule has 0 radical (unpaired) electrons. The molecule has 0 spiro atoms. The molecule has 0 atom stereocenters. The van der Waals surface area contributed by atoms with Crippen LogP contribution in [0, 0.1) is 0 Å². The van der Waals surface area contributed by atoms with Crippen LogP contribution in [0.2, 0.25) is 0 Å². The molecule has 0 saturated carbocycles. The summed E-state index contributed by atoms with van der Waals surface area (Å²) in [5.41, 5.74) is 0.639. The summed E-state index contributed by atoms with van der Waals surface area (Å²) in [6, 6.07) is 0. The molecule has 74 valence electrons. The lowest BCUT2D eigenvalue weighted by atomic mass is 10.2. The number of hydrogen-bond acceptors (Lipinski definition) is 4. The fourth-order valence-corrected chi connectivity index (χ4v) is 0.978. The van der Waals surface area contributed by atoms with Crippen molar-refractivity contribution in [2.45, 2.75) is 26.7 Å². The van der Waals surface area contributed by atoms with Crippen LogP contribution >= 0.6 is 0 Å². The highest BCUT2D eigenvalue weighted by Crippen LogP contribution is 2.01. The van der Waals surface area contributed by atoms with Crippen LogP contribution in [0.4, 0.5) is 0 Å². The van der Waals surface area contributed by atoms with E-state index in [9.17, 15) is 9.59 Å². The molecule has 0 aliphatic carbocycles. The van der Waals surface area contributed by atoms with Gasteiger partial charge in [0.2, 0.25) is 0 Å². The first-order chi connectivity index (χ1) is 6.69. The zero-order chi connectivity index (χ0) is 10.6. The molecule has 0 aromatic carbocycles. The van der Waals surface area contributed by atoms with E-state index in [0.29, 0.717) is 24.2 Å². The minimum absolute atomic E-state index is 0.0620. The van der Waals surface area contributed by atoms with Gasteiger partial charge in [-0.15, -0.1) is 0 Å². The molecule has 4 heteroatoms. The van der Waals surface area contributed by atoms with Gasteiger partial charge in [-0.2, -0.15) is 0 Å². The molecule has 1 rings (SSSR count). The largest absolute Gasteiger partial charge is 0.292 e. The Morgan fingerprint density at radius 2 is 1.36 bits per heavy atom. The summed E-state index contributed by atoms with van der Waals surface area (Å²) in [5, 5.41) is 0. The van der Waals surface area contributed by atoms with Crippen LogP contribution in [-0.4, -0.2) is 21.5 Å². The number of ketones is 2. The van der Waals surface area contributed by atoms with E-state index in [1.165, 1.54) is 12.4 Å². The number of Topliss-reactive ketones (excluding diaryl/α,β-unsaturated/α-hetero) is 2. The second-order valence-corrected chi connectivity index (χ2v) is 2.84. The van der Waals surface area contributed by atoms with E-state index < -0.39 is 0 Å². The first-order valence-electron chi connectivity index (χ1n) is 4.57. The van der Waals surface area contributed by atoms with Gasteiger partial charge in [0.05, 0.1) is 12.4 Å². The van der Waals surface area contributed by atoms with E-state index in [4.69, 9.17) is 0 Å². The fourth-order valence-electron chi connectivity index (χ4n) is 0.978. The molecule has 0 aliphatic heterocycles. The zero-order valence-corrected chi connectivity index (χ0v) is 8.28. The van der Waals surface area contributed by atoms with Crippen LogP contribution in [0.5, 0.6) is 0 Å². The van der Waals surface area contributed by atoms with Gasteiger partial charge in [-0.25, -0.2) is 9.97 Å². The summed E-state index contributed by atoms with van der Waals surface area (Å²) in [6.07, 6.45) is 3.51. The lowest BCUT2D eigenvalue weighted by molar-refractivity contribution is 0.0969. The molecule has 1 heterocycles. The first kappa shape index (κ1) is 10.5. The van der Waals surface area contributed by atoms with Crippen molar-refractivity contribution in [1.82, 2.24) is 9.97 Å². The highest BCUT2D eigenvalue weighted by Gasteiger charge is 2.08. The van der Waals surface area contributed by atoms with Gasteiger partial charge in [-0.1, -0.05) is 13.8 Å². The average Bonchev–Trinajstić information content (AvgIpc) is 2.27. The summed E-state index contributed by atoms with van der Waals surface area (Å²) >= 11 is 0. The molecule has 4 nitrogen and oxygen atoms in total. The van der Waals surface area contributed by atoms with E-state index in [1.807, 2.05) is 0 Å². The maximum absolute atomic E-state index is 11.2. The molecule has 0 unspecified atom stereocenters. The molecule has 14 heavy (non-hydrogen) atoms. The lowest BCUT2D eigenvalue weighted by Crippen LogP contribution is -2.06. The summed E-state index contributed by atoms with van der Waals surface area (Å²) < 4.78 is 0. The lowest BCUT2D eigenvalue weighted by Gasteiger charge is -1.98. The van der Waals surface area contributed by atoms with Gasteiger partial charge in [-0.05, 0) is 0 Å². The van der Waals surface area contributed by atoms with Gasteiger partial charge in [0.15, 0.2) is 11.6 Å². The second kappa shape index (κ2) is 4.60. The Morgan fingerprint density at radius 3 is 1.57 bits per heavy atom. The van der Waals surface area contributed by atoms with Gasteiger partial charge in [0, 0.05) is 12.8 Å². The van der Waals surface area contributed by atoms with Crippen LogP contribution in [0.3, 0.4) is 0 Å². The van der Waals surface area contributed by atoms with Crippen molar-refractivity contribution >= 4 is 11.6 Å². The Labute approximate surface area is 82.4 Å². The van der Waals surface area contributed by atoms with Crippen molar-refractivity contribution in [2.75, 3.05) is 0 Å². The highest BCUT2D eigenvalue weighted by molar-refractivity contribution is 5.96. The number of carbonyl (C=O) groups excluding carboxylic acids is 2. The van der Waals surface area contributed by atoms with Crippen molar-refractivity contribution in [3.63, 3.8) is 0 Å². The standard InChI is InChI=1S/C10H12N2O2/c1-3-9(13)7-5-12-8(6-11-7)10(14)4-2/h5-6H,3-4H2,1-2H3. The van der Waals surface area contributed by atoms with E-state index in [1.54, 1.807) is 13.8 Å². The van der Waals surface area contributed by atoms with Crippen LogP contribution in [0.15, 0.2) is 12.4 Å². The van der Waals surface area contributed by atoms with Crippen LogP contribution < -0.4 is 0 Å². The Bertz CT molecular complexity index is 309. The Kier molecular flexibility index (Phi) is 3.45. The van der Waals surface area contributed by atoms with Gasteiger partial charge >= 0.3 is 0 Å². The van der Waals surface area contributed by atoms with Gasteiger partial charge in [0.1, 0.15) is 11.4 Å². The molecule has 1 aromatic heterocycles. The van der Waals surface area contributed by atoms with Crippen LogP contribution in [-0.2, 0) is 0 Å². The van der Waals surface area contributed by atoms with Gasteiger partial charge in [0.25, 0.3) is 0 Å². The third kappa shape index (κ3) is 2.22. The third-order valence-electron chi connectivity index (χ3n) is 1.87. The summed E-state index contributed by atoms with van der Waals surface area (Å²) in [7, 11) is 0. The Morgan fingerprint density at radius 1 is 1.00 bits per heavy atom. The van der Waals surface area contributed by atoms with E-state index in [0.717, 1.165) is 0 Å².